The van der Waals surface area contributed by atoms with Crippen LogP contribution in [-0.4, -0.2) is 18.4 Å². The number of benzene rings is 1. The Bertz CT molecular complexity index is 446. The van der Waals surface area contributed by atoms with E-state index in [2.05, 4.69) is 15.9 Å². The number of ether oxygens (including phenoxy) is 1. The van der Waals surface area contributed by atoms with E-state index in [1.54, 1.807) is 25.1 Å². The minimum Gasteiger partial charge on any atom is -0.466 e. The Morgan fingerprint density at radius 3 is 2.67 bits per heavy atom. The molecule has 0 bridgehead atoms. The zero-order valence-electron chi connectivity index (χ0n) is 10.0. The molecule has 0 aromatic heterocycles. The highest BCUT2D eigenvalue weighted by Gasteiger charge is 2.09. The van der Waals surface area contributed by atoms with Crippen LogP contribution in [0, 0.1) is 0 Å². The van der Waals surface area contributed by atoms with E-state index in [-0.39, 0.29) is 18.2 Å². The number of halogens is 2. The molecule has 0 aliphatic rings. The predicted molar refractivity (Wildman–Crippen MR) is 74.0 cm³/mol. The third-order valence-corrected chi connectivity index (χ3v) is 3.56. The lowest BCUT2D eigenvalue weighted by atomic mass is 10.1. The van der Waals surface area contributed by atoms with Crippen molar-refractivity contribution in [2.45, 2.75) is 26.2 Å². The Hall–Kier alpha value is -0.870. The molecule has 5 heteroatoms. The summed E-state index contributed by atoms with van der Waals surface area (Å²) >= 11 is 9.17. The van der Waals surface area contributed by atoms with Crippen molar-refractivity contribution in [2.75, 3.05) is 6.61 Å². The molecule has 0 spiro atoms. The summed E-state index contributed by atoms with van der Waals surface area (Å²) in [5.41, 5.74) is 0.562. The van der Waals surface area contributed by atoms with Crippen molar-refractivity contribution >= 4 is 39.3 Å². The molecule has 0 saturated carbocycles. The van der Waals surface area contributed by atoms with Crippen molar-refractivity contribution in [3.8, 4) is 0 Å². The van der Waals surface area contributed by atoms with E-state index in [9.17, 15) is 9.59 Å². The van der Waals surface area contributed by atoms with Crippen LogP contribution in [-0.2, 0) is 9.53 Å². The number of hydrogen-bond acceptors (Lipinski definition) is 3. The number of carbonyl (C=O) groups excluding carboxylic acids is 2. The summed E-state index contributed by atoms with van der Waals surface area (Å²) in [5, 5.41) is 0.506. The van der Waals surface area contributed by atoms with Crippen molar-refractivity contribution in [1.82, 2.24) is 0 Å². The highest BCUT2D eigenvalue weighted by atomic mass is 79.9. The average Bonchev–Trinajstić information content (AvgIpc) is 2.33. The van der Waals surface area contributed by atoms with Gasteiger partial charge in [-0.3, -0.25) is 9.59 Å². The Kier molecular flexibility index (Phi) is 6.36. The SMILES string of the molecule is CCOC(=O)CCCC(=O)c1ccc(Br)c(Cl)c1. The molecule has 3 nitrogen and oxygen atoms in total. The standard InChI is InChI=1S/C13H14BrClO3/c1-2-18-13(17)5-3-4-12(16)9-6-7-10(14)11(15)8-9/h6-8H,2-5H2,1H3. The number of rotatable bonds is 6. The molecule has 0 unspecified atom stereocenters. The fourth-order valence-corrected chi connectivity index (χ4v) is 1.87. The maximum Gasteiger partial charge on any atom is 0.305 e. The minimum atomic E-state index is -0.265. The Labute approximate surface area is 120 Å². The molecular weight excluding hydrogens is 319 g/mol. The first-order chi connectivity index (χ1) is 8.54. The molecule has 0 fully saturated rings. The molecule has 0 aliphatic carbocycles. The van der Waals surface area contributed by atoms with E-state index < -0.39 is 0 Å². The molecule has 1 rings (SSSR count). The molecule has 0 N–H and O–H groups in total. The maximum atomic E-state index is 11.8. The first-order valence-corrected chi connectivity index (χ1v) is 6.85. The summed E-state index contributed by atoms with van der Waals surface area (Å²) in [5.74, 6) is -0.284. The summed E-state index contributed by atoms with van der Waals surface area (Å²) in [6.45, 7) is 2.13. The molecule has 0 saturated heterocycles. The zero-order valence-corrected chi connectivity index (χ0v) is 12.4. The summed E-state index contributed by atoms with van der Waals surface area (Å²) in [7, 11) is 0. The van der Waals surface area contributed by atoms with Crippen LogP contribution >= 0.6 is 27.5 Å². The summed E-state index contributed by atoms with van der Waals surface area (Å²) in [6.07, 6.45) is 1.08. The molecule has 0 atom stereocenters. The third-order valence-electron chi connectivity index (χ3n) is 2.33. The normalized spacial score (nSPS) is 10.2. The van der Waals surface area contributed by atoms with Gasteiger partial charge in [0.2, 0.25) is 0 Å². The largest absolute Gasteiger partial charge is 0.466 e. The predicted octanol–water partition coefficient (Wildman–Crippen LogP) is 4.02. The molecule has 1 aromatic carbocycles. The Balaban J connectivity index is 2.45. The number of hydrogen-bond donors (Lipinski definition) is 0. The van der Waals surface area contributed by atoms with Gasteiger partial charge < -0.3 is 4.74 Å². The van der Waals surface area contributed by atoms with Gasteiger partial charge in [0.25, 0.3) is 0 Å². The number of Topliss-reactive ketones (excluding diaryl/α,β-unsaturated/α-hetero) is 1. The van der Waals surface area contributed by atoms with Gasteiger partial charge in [0.05, 0.1) is 11.6 Å². The Morgan fingerprint density at radius 1 is 1.33 bits per heavy atom. The maximum absolute atomic E-state index is 11.8. The third kappa shape index (κ3) is 4.78. The lowest BCUT2D eigenvalue weighted by Crippen LogP contribution is -2.05. The highest BCUT2D eigenvalue weighted by molar-refractivity contribution is 9.10. The first-order valence-electron chi connectivity index (χ1n) is 5.68. The summed E-state index contributed by atoms with van der Waals surface area (Å²) in [4.78, 5) is 22.9. The smallest absolute Gasteiger partial charge is 0.305 e. The van der Waals surface area contributed by atoms with Crippen molar-refractivity contribution < 1.29 is 14.3 Å². The second kappa shape index (κ2) is 7.54. The van der Waals surface area contributed by atoms with Crippen molar-refractivity contribution in [3.05, 3.63) is 33.3 Å². The van der Waals surface area contributed by atoms with Crippen molar-refractivity contribution in [2.24, 2.45) is 0 Å². The molecule has 0 amide bonds. The lowest BCUT2D eigenvalue weighted by molar-refractivity contribution is -0.143. The van der Waals surface area contributed by atoms with Crippen LogP contribution in [0.1, 0.15) is 36.5 Å². The second-order valence-electron chi connectivity index (χ2n) is 3.71. The van der Waals surface area contributed by atoms with Gasteiger partial charge >= 0.3 is 5.97 Å². The van der Waals surface area contributed by atoms with E-state index in [4.69, 9.17) is 16.3 Å². The number of ketones is 1. The molecule has 0 aliphatic heterocycles. The molecule has 0 heterocycles. The molecular formula is C13H14BrClO3. The van der Waals surface area contributed by atoms with Crippen LogP contribution in [0.2, 0.25) is 5.02 Å². The fourth-order valence-electron chi connectivity index (χ4n) is 1.44. The molecule has 98 valence electrons. The minimum absolute atomic E-state index is 0.0197. The zero-order chi connectivity index (χ0) is 13.5. The van der Waals surface area contributed by atoms with Crippen LogP contribution in [0.15, 0.2) is 22.7 Å². The van der Waals surface area contributed by atoms with Gasteiger partial charge in [-0.05, 0) is 41.4 Å². The van der Waals surface area contributed by atoms with E-state index in [0.29, 0.717) is 30.0 Å². The number of carbonyl (C=O) groups is 2. The molecule has 1 aromatic rings. The molecule has 18 heavy (non-hydrogen) atoms. The van der Waals surface area contributed by atoms with Crippen LogP contribution in [0.3, 0.4) is 0 Å². The van der Waals surface area contributed by atoms with Crippen LogP contribution in [0.5, 0.6) is 0 Å². The topological polar surface area (TPSA) is 43.4 Å². The summed E-state index contributed by atoms with van der Waals surface area (Å²) < 4.78 is 5.54. The van der Waals surface area contributed by atoms with Gasteiger partial charge in [0, 0.05) is 22.9 Å². The first kappa shape index (κ1) is 15.2. The summed E-state index contributed by atoms with van der Waals surface area (Å²) in [6, 6.07) is 5.07. The van der Waals surface area contributed by atoms with Crippen LogP contribution < -0.4 is 0 Å². The Morgan fingerprint density at radius 2 is 2.06 bits per heavy atom. The number of esters is 1. The van der Waals surface area contributed by atoms with Gasteiger partial charge in [-0.25, -0.2) is 0 Å². The van der Waals surface area contributed by atoms with Gasteiger partial charge in [-0.2, -0.15) is 0 Å². The van der Waals surface area contributed by atoms with E-state index in [0.717, 1.165) is 4.47 Å². The van der Waals surface area contributed by atoms with Gasteiger partial charge in [0.1, 0.15) is 0 Å². The molecule has 0 radical (unpaired) electrons. The van der Waals surface area contributed by atoms with Crippen molar-refractivity contribution in [3.63, 3.8) is 0 Å². The second-order valence-corrected chi connectivity index (χ2v) is 4.97. The van der Waals surface area contributed by atoms with Gasteiger partial charge in [-0.15, -0.1) is 0 Å². The van der Waals surface area contributed by atoms with E-state index in [1.807, 2.05) is 0 Å². The van der Waals surface area contributed by atoms with E-state index in [1.165, 1.54) is 0 Å². The van der Waals surface area contributed by atoms with E-state index >= 15 is 0 Å². The fraction of sp³-hybridized carbons (Fsp3) is 0.385. The average molecular weight is 334 g/mol. The highest BCUT2D eigenvalue weighted by Crippen LogP contribution is 2.24. The monoisotopic (exact) mass is 332 g/mol. The van der Waals surface area contributed by atoms with Crippen LogP contribution in [0.25, 0.3) is 0 Å². The van der Waals surface area contributed by atoms with Gasteiger partial charge in [0.15, 0.2) is 5.78 Å². The van der Waals surface area contributed by atoms with Crippen LogP contribution in [0.4, 0.5) is 0 Å². The van der Waals surface area contributed by atoms with Crippen molar-refractivity contribution in [1.29, 1.82) is 0 Å². The lowest BCUT2D eigenvalue weighted by Gasteiger charge is -2.03. The van der Waals surface area contributed by atoms with Gasteiger partial charge in [-0.1, -0.05) is 17.7 Å². The quantitative estimate of drug-likeness (QED) is 0.583.